The minimum absolute atomic E-state index is 0.0709. The minimum atomic E-state index is -0.820. The molecule has 33 heavy (non-hydrogen) atoms. The molecule has 0 spiro atoms. The number of amides is 1. The Morgan fingerprint density at radius 1 is 1.03 bits per heavy atom. The number of H-pyrrole nitrogens is 1. The molecule has 0 radical (unpaired) electrons. The molecule has 2 heterocycles. The molecule has 4 rings (SSSR count). The number of nitrogens with one attached hydrogen (secondary N) is 2. The van der Waals surface area contributed by atoms with Gasteiger partial charge in [-0.2, -0.15) is 0 Å². The standard InChI is InChI=1S/C25H28N4O4/c1-3-13-28-21-10-6-7-11-22(21)29(25(28)32)14-12-23(30)27-20(24(31)33-2)15-17-16-26-19-9-5-4-8-18(17)19/h4-11,16,20,26H,3,12-15H2,1-2H3,(H,27,30). The third-order valence-electron chi connectivity index (χ3n) is 5.85. The second kappa shape index (κ2) is 9.77. The number of aromatic amines is 1. The zero-order chi connectivity index (χ0) is 23.4. The number of rotatable bonds is 9. The normalized spacial score (nSPS) is 12.2. The maximum atomic E-state index is 12.9. The number of hydrogen-bond acceptors (Lipinski definition) is 4. The molecule has 1 unspecified atom stereocenters. The first kappa shape index (κ1) is 22.4. The molecule has 0 bridgehead atoms. The first-order chi connectivity index (χ1) is 16.0. The van der Waals surface area contributed by atoms with Crippen LogP contribution in [0, 0.1) is 0 Å². The van der Waals surface area contributed by atoms with E-state index in [4.69, 9.17) is 4.74 Å². The fourth-order valence-corrected chi connectivity index (χ4v) is 4.26. The van der Waals surface area contributed by atoms with E-state index in [0.717, 1.165) is 33.9 Å². The number of para-hydroxylation sites is 3. The monoisotopic (exact) mass is 448 g/mol. The predicted molar refractivity (Wildman–Crippen MR) is 127 cm³/mol. The molecule has 0 fully saturated rings. The number of aromatic nitrogens is 3. The van der Waals surface area contributed by atoms with Gasteiger partial charge < -0.3 is 15.0 Å². The first-order valence-corrected chi connectivity index (χ1v) is 11.1. The highest BCUT2D eigenvalue weighted by molar-refractivity contribution is 5.87. The van der Waals surface area contributed by atoms with Crippen molar-refractivity contribution >= 4 is 33.8 Å². The Morgan fingerprint density at radius 3 is 2.39 bits per heavy atom. The average molecular weight is 449 g/mol. The van der Waals surface area contributed by atoms with Crippen molar-refractivity contribution in [2.75, 3.05) is 7.11 Å². The third-order valence-corrected chi connectivity index (χ3v) is 5.85. The van der Waals surface area contributed by atoms with Crippen LogP contribution in [0.1, 0.15) is 25.3 Å². The molecule has 4 aromatic rings. The van der Waals surface area contributed by atoms with Crippen molar-refractivity contribution in [2.45, 2.75) is 45.3 Å². The smallest absolute Gasteiger partial charge is 0.329 e. The summed E-state index contributed by atoms with van der Waals surface area (Å²) in [5.41, 5.74) is 3.41. The van der Waals surface area contributed by atoms with Crippen LogP contribution in [-0.2, 0) is 33.8 Å². The molecule has 172 valence electrons. The molecule has 2 aromatic heterocycles. The Hall–Kier alpha value is -3.81. The second-order valence-corrected chi connectivity index (χ2v) is 8.03. The van der Waals surface area contributed by atoms with Gasteiger partial charge in [-0.05, 0) is 30.2 Å². The van der Waals surface area contributed by atoms with Gasteiger partial charge in [0.25, 0.3) is 0 Å². The van der Waals surface area contributed by atoms with Crippen LogP contribution in [0.15, 0.2) is 59.5 Å². The Kier molecular flexibility index (Phi) is 6.63. The number of methoxy groups -OCH3 is 1. The van der Waals surface area contributed by atoms with Crippen LogP contribution in [0.2, 0.25) is 0 Å². The van der Waals surface area contributed by atoms with Gasteiger partial charge in [-0.1, -0.05) is 37.3 Å². The summed E-state index contributed by atoms with van der Waals surface area (Å²) in [4.78, 5) is 41.3. The summed E-state index contributed by atoms with van der Waals surface area (Å²) in [5.74, 6) is -0.824. The molecule has 1 amide bonds. The molecule has 0 aliphatic rings. The topological polar surface area (TPSA) is 98.1 Å². The van der Waals surface area contributed by atoms with Gasteiger partial charge in [0.05, 0.1) is 18.1 Å². The van der Waals surface area contributed by atoms with Gasteiger partial charge in [0.15, 0.2) is 0 Å². The number of carbonyl (C=O) groups is 2. The molecule has 0 aliphatic carbocycles. The number of ether oxygens (including phenoxy) is 1. The Balaban J connectivity index is 1.49. The fourth-order valence-electron chi connectivity index (χ4n) is 4.26. The van der Waals surface area contributed by atoms with E-state index in [-0.39, 0.29) is 24.6 Å². The Bertz CT molecular complexity index is 1350. The van der Waals surface area contributed by atoms with Gasteiger partial charge in [0, 0.05) is 43.0 Å². The van der Waals surface area contributed by atoms with E-state index in [1.807, 2.05) is 61.7 Å². The molecule has 0 saturated carbocycles. The van der Waals surface area contributed by atoms with E-state index < -0.39 is 12.0 Å². The predicted octanol–water partition coefficient (Wildman–Crippen LogP) is 2.98. The summed E-state index contributed by atoms with van der Waals surface area (Å²) >= 11 is 0. The van der Waals surface area contributed by atoms with Crippen molar-refractivity contribution in [3.63, 3.8) is 0 Å². The lowest BCUT2D eigenvalue weighted by molar-refractivity contribution is -0.145. The summed E-state index contributed by atoms with van der Waals surface area (Å²) in [5, 5.41) is 3.79. The number of esters is 1. The Morgan fingerprint density at radius 2 is 1.70 bits per heavy atom. The molecule has 0 aliphatic heterocycles. The van der Waals surface area contributed by atoms with Crippen molar-refractivity contribution in [2.24, 2.45) is 0 Å². The molecule has 0 saturated heterocycles. The van der Waals surface area contributed by atoms with Crippen LogP contribution in [0.5, 0.6) is 0 Å². The number of imidazole rings is 1. The minimum Gasteiger partial charge on any atom is -0.467 e. The number of hydrogen-bond donors (Lipinski definition) is 2. The summed E-state index contributed by atoms with van der Waals surface area (Å²) in [7, 11) is 1.30. The van der Waals surface area contributed by atoms with Crippen molar-refractivity contribution in [3.8, 4) is 0 Å². The van der Waals surface area contributed by atoms with Crippen molar-refractivity contribution in [1.82, 2.24) is 19.4 Å². The van der Waals surface area contributed by atoms with E-state index in [9.17, 15) is 14.4 Å². The molecular formula is C25H28N4O4. The van der Waals surface area contributed by atoms with Crippen LogP contribution in [-0.4, -0.2) is 39.1 Å². The molecule has 2 aromatic carbocycles. The van der Waals surface area contributed by atoms with E-state index >= 15 is 0 Å². The van der Waals surface area contributed by atoms with Gasteiger partial charge in [0.1, 0.15) is 6.04 Å². The molecule has 2 N–H and O–H groups in total. The number of benzene rings is 2. The van der Waals surface area contributed by atoms with Gasteiger partial charge >= 0.3 is 11.7 Å². The van der Waals surface area contributed by atoms with E-state index in [0.29, 0.717) is 13.0 Å². The van der Waals surface area contributed by atoms with Crippen LogP contribution in [0.3, 0.4) is 0 Å². The lowest BCUT2D eigenvalue weighted by Gasteiger charge is -2.16. The number of nitrogens with zero attached hydrogens (tertiary/aromatic N) is 2. The van der Waals surface area contributed by atoms with Crippen LogP contribution >= 0.6 is 0 Å². The first-order valence-electron chi connectivity index (χ1n) is 11.1. The highest BCUT2D eigenvalue weighted by Gasteiger charge is 2.23. The lowest BCUT2D eigenvalue weighted by atomic mass is 10.0. The summed E-state index contributed by atoms with van der Waals surface area (Å²) in [6.45, 7) is 2.86. The van der Waals surface area contributed by atoms with E-state index in [1.165, 1.54) is 7.11 Å². The highest BCUT2D eigenvalue weighted by Crippen LogP contribution is 2.19. The molecular weight excluding hydrogens is 420 g/mol. The zero-order valence-corrected chi connectivity index (χ0v) is 18.8. The average Bonchev–Trinajstić information content (AvgIpc) is 3.36. The van der Waals surface area contributed by atoms with Crippen molar-refractivity contribution in [3.05, 3.63) is 70.8 Å². The zero-order valence-electron chi connectivity index (χ0n) is 18.8. The molecule has 8 nitrogen and oxygen atoms in total. The van der Waals surface area contributed by atoms with Crippen molar-refractivity contribution in [1.29, 1.82) is 0 Å². The summed E-state index contributed by atoms with van der Waals surface area (Å²) in [6.07, 6.45) is 3.05. The van der Waals surface area contributed by atoms with Gasteiger partial charge in [-0.3, -0.25) is 13.9 Å². The van der Waals surface area contributed by atoms with Crippen LogP contribution in [0.25, 0.3) is 21.9 Å². The largest absolute Gasteiger partial charge is 0.467 e. The lowest BCUT2D eigenvalue weighted by Crippen LogP contribution is -2.43. The Labute approximate surface area is 191 Å². The second-order valence-electron chi connectivity index (χ2n) is 8.03. The van der Waals surface area contributed by atoms with E-state index in [2.05, 4.69) is 10.3 Å². The maximum absolute atomic E-state index is 12.9. The molecule has 8 heteroatoms. The number of carbonyl (C=O) groups excluding carboxylic acids is 2. The van der Waals surface area contributed by atoms with Gasteiger partial charge in [-0.25, -0.2) is 9.59 Å². The fraction of sp³-hybridized carbons (Fsp3) is 0.320. The number of aryl methyl sites for hydroxylation is 2. The SMILES string of the molecule is CCCn1c(=O)n(CCC(=O)NC(Cc2c[nH]c3ccccc23)C(=O)OC)c2ccccc21. The highest BCUT2D eigenvalue weighted by atomic mass is 16.5. The third kappa shape index (κ3) is 4.55. The van der Waals surface area contributed by atoms with Gasteiger partial charge in [-0.15, -0.1) is 0 Å². The van der Waals surface area contributed by atoms with Gasteiger partial charge in [0.2, 0.25) is 5.91 Å². The van der Waals surface area contributed by atoms with Crippen molar-refractivity contribution < 1.29 is 14.3 Å². The molecule has 1 atom stereocenters. The maximum Gasteiger partial charge on any atom is 0.329 e. The van der Waals surface area contributed by atoms with Crippen LogP contribution in [0.4, 0.5) is 0 Å². The summed E-state index contributed by atoms with van der Waals surface area (Å²) < 4.78 is 8.28. The van der Waals surface area contributed by atoms with Crippen LogP contribution < -0.4 is 11.0 Å². The van der Waals surface area contributed by atoms with E-state index in [1.54, 1.807) is 9.13 Å². The quantitative estimate of drug-likeness (QED) is 0.385. The number of fused-ring (bicyclic) bond motifs is 2. The summed E-state index contributed by atoms with van der Waals surface area (Å²) in [6, 6.07) is 14.5.